The topological polar surface area (TPSA) is 84.4 Å². The molecule has 6 nitrogen and oxygen atoms in total. The van der Waals surface area contributed by atoms with E-state index in [4.69, 9.17) is 10.8 Å². The lowest BCUT2D eigenvalue weighted by atomic mass is 10.4. The maximum atomic E-state index is 12.2. The Bertz CT molecular complexity index is 405. The van der Waals surface area contributed by atoms with Crippen molar-refractivity contribution in [1.82, 2.24) is 14.7 Å². The van der Waals surface area contributed by atoms with Crippen LogP contribution in [0.2, 0.25) is 0 Å². The number of carbonyl (C=O) groups excluding carboxylic acids is 1. The Morgan fingerprint density at radius 1 is 1.56 bits per heavy atom. The van der Waals surface area contributed by atoms with Gasteiger partial charge in [0.15, 0.2) is 0 Å². The smallest absolute Gasteiger partial charge is 0.395 e. The molecule has 1 aromatic heterocycles. The summed E-state index contributed by atoms with van der Waals surface area (Å²) >= 11 is 0. The minimum Gasteiger partial charge on any atom is -0.395 e. The molecule has 0 radical (unpaired) electrons. The van der Waals surface area contributed by atoms with Crippen LogP contribution >= 0.6 is 0 Å². The first-order valence-electron chi connectivity index (χ1n) is 5.06. The van der Waals surface area contributed by atoms with Gasteiger partial charge in [-0.3, -0.25) is 9.48 Å². The Labute approximate surface area is 101 Å². The number of amides is 1. The zero-order valence-corrected chi connectivity index (χ0v) is 9.39. The van der Waals surface area contributed by atoms with E-state index in [9.17, 15) is 18.0 Å². The molecule has 1 amide bonds. The number of alkyl halides is 3. The van der Waals surface area contributed by atoms with Gasteiger partial charge in [-0.15, -0.1) is 0 Å². The molecule has 0 bridgehead atoms. The monoisotopic (exact) mass is 266 g/mol. The Kier molecular flexibility index (Phi) is 4.54. The predicted molar refractivity (Wildman–Crippen MR) is 56.4 cm³/mol. The summed E-state index contributed by atoms with van der Waals surface area (Å²) in [5.41, 5.74) is 5.31. The van der Waals surface area contributed by atoms with Gasteiger partial charge >= 0.3 is 6.18 Å². The molecular formula is C9H13F3N4O2. The van der Waals surface area contributed by atoms with E-state index >= 15 is 0 Å². The number of anilines is 1. The molecular weight excluding hydrogens is 253 g/mol. The number of halogens is 3. The Balaban J connectivity index is 2.64. The molecule has 0 saturated carbocycles. The van der Waals surface area contributed by atoms with E-state index in [1.807, 2.05) is 0 Å². The number of nitrogens with two attached hydrogens (primary N) is 1. The molecule has 9 heteroatoms. The van der Waals surface area contributed by atoms with Crippen molar-refractivity contribution in [2.75, 3.05) is 25.4 Å². The SMILES string of the molecule is Nc1ccn(CC(=O)N(CCO)CC(F)(F)F)n1. The number of aliphatic hydroxyl groups is 1. The average Bonchev–Trinajstić information content (AvgIpc) is 2.61. The normalized spacial score (nSPS) is 11.6. The van der Waals surface area contributed by atoms with Crippen molar-refractivity contribution in [3.05, 3.63) is 12.3 Å². The van der Waals surface area contributed by atoms with Crippen LogP contribution in [0.4, 0.5) is 19.0 Å². The Morgan fingerprint density at radius 3 is 2.67 bits per heavy atom. The molecule has 0 aliphatic carbocycles. The van der Waals surface area contributed by atoms with Crippen LogP contribution < -0.4 is 5.73 Å². The quantitative estimate of drug-likeness (QED) is 0.776. The maximum absolute atomic E-state index is 12.2. The number of nitrogen functional groups attached to an aromatic ring is 1. The fourth-order valence-corrected chi connectivity index (χ4v) is 1.33. The number of rotatable bonds is 5. The van der Waals surface area contributed by atoms with Gasteiger partial charge < -0.3 is 15.7 Å². The Morgan fingerprint density at radius 2 is 2.22 bits per heavy atom. The first-order valence-corrected chi connectivity index (χ1v) is 5.06. The van der Waals surface area contributed by atoms with Crippen LogP contribution in [-0.2, 0) is 11.3 Å². The third kappa shape index (κ3) is 4.62. The average molecular weight is 266 g/mol. The molecule has 0 unspecified atom stereocenters. The highest BCUT2D eigenvalue weighted by atomic mass is 19.4. The summed E-state index contributed by atoms with van der Waals surface area (Å²) in [5.74, 6) is -0.614. The summed E-state index contributed by atoms with van der Waals surface area (Å²) in [5, 5.41) is 12.3. The maximum Gasteiger partial charge on any atom is 0.406 e. The second-order valence-corrected chi connectivity index (χ2v) is 3.59. The second-order valence-electron chi connectivity index (χ2n) is 3.59. The largest absolute Gasteiger partial charge is 0.406 e. The minimum absolute atomic E-state index is 0.173. The van der Waals surface area contributed by atoms with E-state index in [1.54, 1.807) is 0 Å². The lowest BCUT2D eigenvalue weighted by Gasteiger charge is -2.22. The fraction of sp³-hybridized carbons (Fsp3) is 0.556. The van der Waals surface area contributed by atoms with E-state index in [0.29, 0.717) is 4.90 Å². The molecule has 1 aromatic rings. The van der Waals surface area contributed by atoms with Crippen molar-refractivity contribution in [3.8, 4) is 0 Å². The van der Waals surface area contributed by atoms with Crippen molar-refractivity contribution < 1.29 is 23.1 Å². The van der Waals surface area contributed by atoms with Crippen molar-refractivity contribution >= 4 is 11.7 Å². The Hall–Kier alpha value is -1.77. The number of hydrogen-bond acceptors (Lipinski definition) is 4. The van der Waals surface area contributed by atoms with Crippen LogP contribution in [0.15, 0.2) is 12.3 Å². The molecule has 1 rings (SSSR count). The molecule has 1 heterocycles. The number of hydrogen-bond donors (Lipinski definition) is 2. The van der Waals surface area contributed by atoms with Gasteiger partial charge in [0.1, 0.15) is 18.9 Å². The number of aliphatic hydroxyl groups excluding tert-OH is 1. The van der Waals surface area contributed by atoms with Crippen LogP contribution in [0.25, 0.3) is 0 Å². The van der Waals surface area contributed by atoms with Gasteiger partial charge in [0.25, 0.3) is 0 Å². The number of aromatic nitrogens is 2. The first kappa shape index (κ1) is 14.3. The number of carbonyl (C=O) groups is 1. The van der Waals surface area contributed by atoms with Crippen LogP contribution in [0.1, 0.15) is 0 Å². The molecule has 18 heavy (non-hydrogen) atoms. The molecule has 0 spiro atoms. The summed E-state index contributed by atoms with van der Waals surface area (Å²) < 4.78 is 37.8. The zero-order valence-electron chi connectivity index (χ0n) is 9.39. The van der Waals surface area contributed by atoms with Crippen molar-refractivity contribution in [1.29, 1.82) is 0 Å². The van der Waals surface area contributed by atoms with Gasteiger partial charge in [0.2, 0.25) is 5.91 Å². The third-order valence-corrected chi connectivity index (χ3v) is 2.05. The molecule has 0 aromatic carbocycles. The van der Waals surface area contributed by atoms with Gasteiger partial charge in [0.05, 0.1) is 6.61 Å². The van der Waals surface area contributed by atoms with Gasteiger partial charge in [-0.2, -0.15) is 18.3 Å². The zero-order chi connectivity index (χ0) is 13.8. The highest BCUT2D eigenvalue weighted by molar-refractivity contribution is 5.76. The first-order chi connectivity index (χ1) is 8.31. The molecule has 102 valence electrons. The van der Waals surface area contributed by atoms with Crippen LogP contribution in [0.5, 0.6) is 0 Å². The predicted octanol–water partition coefficient (Wildman–Crippen LogP) is -0.152. The van der Waals surface area contributed by atoms with E-state index in [1.165, 1.54) is 12.3 Å². The molecule has 0 aliphatic heterocycles. The van der Waals surface area contributed by atoms with Crippen molar-refractivity contribution in [2.45, 2.75) is 12.7 Å². The highest BCUT2D eigenvalue weighted by Gasteiger charge is 2.32. The van der Waals surface area contributed by atoms with E-state index in [2.05, 4.69) is 5.10 Å². The van der Waals surface area contributed by atoms with Crippen molar-refractivity contribution in [2.24, 2.45) is 0 Å². The summed E-state index contributed by atoms with van der Waals surface area (Å²) in [6.45, 7) is -2.67. The van der Waals surface area contributed by atoms with Crippen molar-refractivity contribution in [3.63, 3.8) is 0 Å². The number of nitrogens with zero attached hydrogens (tertiary/aromatic N) is 3. The summed E-state index contributed by atoms with van der Waals surface area (Å²) in [6, 6.07) is 1.42. The second kappa shape index (κ2) is 5.71. The lowest BCUT2D eigenvalue weighted by molar-refractivity contribution is -0.162. The summed E-state index contributed by atoms with van der Waals surface area (Å²) in [4.78, 5) is 12.1. The van der Waals surface area contributed by atoms with E-state index in [-0.39, 0.29) is 18.9 Å². The van der Waals surface area contributed by atoms with Gasteiger partial charge in [0, 0.05) is 12.7 Å². The van der Waals surface area contributed by atoms with Gasteiger partial charge in [-0.05, 0) is 6.07 Å². The van der Waals surface area contributed by atoms with Gasteiger partial charge in [-0.1, -0.05) is 0 Å². The third-order valence-electron chi connectivity index (χ3n) is 2.05. The minimum atomic E-state index is -4.51. The lowest BCUT2D eigenvalue weighted by Crippen LogP contribution is -2.42. The molecule has 3 N–H and O–H groups in total. The van der Waals surface area contributed by atoms with Crippen LogP contribution in [0.3, 0.4) is 0 Å². The van der Waals surface area contributed by atoms with Gasteiger partial charge in [-0.25, -0.2) is 0 Å². The van der Waals surface area contributed by atoms with Crippen LogP contribution in [-0.4, -0.2) is 51.6 Å². The van der Waals surface area contributed by atoms with E-state index < -0.39 is 25.2 Å². The summed E-state index contributed by atoms with van der Waals surface area (Å²) in [6.07, 6.45) is -3.12. The molecule has 0 fully saturated rings. The molecule has 0 atom stereocenters. The molecule has 0 aliphatic rings. The molecule has 0 saturated heterocycles. The van der Waals surface area contributed by atoms with Crippen LogP contribution in [0, 0.1) is 0 Å². The van der Waals surface area contributed by atoms with E-state index in [0.717, 1.165) is 4.68 Å². The fourth-order valence-electron chi connectivity index (χ4n) is 1.33. The highest BCUT2D eigenvalue weighted by Crippen LogP contribution is 2.16. The standard InChI is InChI=1S/C9H13F3N4O2/c10-9(11,12)6-15(3-4-17)8(18)5-16-2-1-7(13)14-16/h1-2,17H,3-6H2,(H2,13,14). The summed E-state index contributed by atoms with van der Waals surface area (Å²) in [7, 11) is 0.